The average molecular weight is 434 g/mol. The third-order valence-electron chi connectivity index (χ3n) is 4.80. The molecule has 0 unspecified atom stereocenters. The fourth-order valence-electron chi connectivity index (χ4n) is 3.27. The van der Waals surface area contributed by atoms with Gasteiger partial charge in [0.25, 0.3) is 0 Å². The van der Waals surface area contributed by atoms with Crippen molar-refractivity contribution in [3.05, 3.63) is 77.4 Å². The number of fused-ring (bicyclic) bond motifs is 1. The number of carbonyl (C=O) groups is 2. The Hall–Kier alpha value is -3.65. The Morgan fingerprint density at radius 1 is 0.968 bits per heavy atom. The van der Waals surface area contributed by atoms with Crippen LogP contribution in [-0.2, 0) is 17.6 Å². The topological polar surface area (TPSA) is 98.9 Å². The molecule has 7 nitrogen and oxygen atoms in total. The molecule has 2 aromatic carbocycles. The smallest absolute Gasteiger partial charge is 0.325 e. The summed E-state index contributed by atoms with van der Waals surface area (Å²) in [6, 6.07) is 17.0. The van der Waals surface area contributed by atoms with Gasteiger partial charge < -0.3 is 15.6 Å². The minimum atomic E-state index is -0.345. The van der Waals surface area contributed by atoms with Crippen molar-refractivity contribution >= 4 is 45.0 Å². The number of thiazole rings is 1. The number of anilines is 2. The van der Waals surface area contributed by atoms with Crippen LogP contribution in [0.4, 0.5) is 15.6 Å². The first-order chi connectivity index (χ1) is 15.2. The summed E-state index contributed by atoms with van der Waals surface area (Å²) in [5.74, 6) is -0.0100. The standard InChI is InChI=1S/C23H23N5O2S/c29-21(24-13-12-16-14-25-20-9-5-4-8-19(16)20)11-10-18-15-31-23(27-18)28-22(30)26-17-6-2-1-3-7-17/h1-9,14-15,25H,10-13H2,(H,24,29)(H2,26,27,28,30). The van der Waals surface area contributed by atoms with Gasteiger partial charge in [-0.3, -0.25) is 10.1 Å². The number of aromatic amines is 1. The van der Waals surface area contributed by atoms with Gasteiger partial charge in [0.1, 0.15) is 0 Å². The molecule has 0 aliphatic rings. The van der Waals surface area contributed by atoms with Gasteiger partial charge in [-0.15, -0.1) is 11.3 Å². The summed E-state index contributed by atoms with van der Waals surface area (Å²) in [6.45, 7) is 0.588. The molecule has 4 aromatic rings. The number of nitrogens with one attached hydrogen (secondary N) is 4. The maximum absolute atomic E-state index is 12.2. The molecule has 2 heterocycles. The second-order valence-electron chi connectivity index (χ2n) is 7.05. The molecule has 0 fully saturated rings. The minimum Gasteiger partial charge on any atom is -0.361 e. The SMILES string of the molecule is O=C(CCc1csc(NC(=O)Nc2ccccc2)n1)NCCc1c[nH]c2ccccc12. The Morgan fingerprint density at radius 3 is 2.65 bits per heavy atom. The highest BCUT2D eigenvalue weighted by atomic mass is 32.1. The van der Waals surface area contributed by atoms with Gasteiger partial charge in [0, 0.05) is 41.1 Å². The van der Waals surface area contributed by atoms with Crippen LogP contribution in [0.25, 0.3) is 10.9 Å². The van der Waals surface area contributed by atoms with E-state index in [9.17, 15) is 9.59 Å². The van der Waals surface area contributed by atoms with Crippen molar-refractivity contribution in [1.82, 2.24) is 15.3 Å². The van der Waals surface area contributed by atoms with Crippen LogP contribution in [0, 0.1) is 0 Å². The van der Waals surface area contributed by atoms with Crippen molar-refractivity contribution in [1.29, 1.82) is 0 Å². The molecular weight excluding hydrogens is 410 g/mol. The maximum Gasteiger partial charge on any atom is 0.325 e. The van der Waals surface area contributed by atoms with Crippen molar-refractivity contribution in [2.45, 2.75) is 19.3 Å². The van der Waals surface area contributed by atoms with Crippen LogP contribution in [0.15, 0.2) is 66.2 Å². The number of hydrogen-bond donors (Lipinski definition) is 4. The second kappa shape index (κ2) is 9.90. The molecule has 0 spiro atoms. The van der Waals surface area contributed by atoms with Crippen LogP contribution < -0.4 is 16.0 Å². The predicted molar refractivity (Wildman–Crippen MR) is 125 cm³/mol. The molecule has 0 saturated heterocycles. The Labute approximate surface area is 183 Å². The number of carbonyl (C=O) groups excluding carboxylic acids is 2. The van der Waals surface area contributed by atoms with Crippen molar-refractivity contribution in [2.75, 3.05) is 17.2 Å². The number of para-hydroxylation sites is 2. The molecule has 8 heteroatoms. The van der Waals surface area contributed by atoms with E-state index in [-0.39, 0.29) is 11.9 Å². The van der Waals surface area contributed by atoms with Gasteiger partial charge in [-0.1, -0.05) is 36.4 Å². The lowest BCUT2D eigenvalue weighted by Crippen LogP contribution is -2.25. The van der Waals surface area contributed by atoms with Crippen LogP contribution in [0.1, 0.15) is 17.7 Å². The number of aromatic nitrogens is 2. The summed E-state index contributed by atoms with van der Waals surface area (Å²) in [5, 5.41) is 12.0. The number of rotatable bonds is 8. The summed E-state index contributed by atoms with van der Waals surface area (Å²) in [5.41, 5.74) is 3.79. The van der Waals surface area contributed by atoms with Gasteiger partial charge >= 0.3 is 6.03 Å². The predicted octanol–water partition coefficient (Wildman–Crippen LogP) is 4.56. The van der Waals surface area contributed by atoms with Crippen molar-refractivity contribution < 1.29 is 9.59 Å². The molecule has 31 heavy (non-hydrogen) atoms. The van der Waals surface area contributed by atoms with E-state index in [4.69, 9.17) is 0 Å². The highest BCUT2D eigenvalue weighted by Crippen LogP contribution is 2.18. The zero-order chi connectivity index (χ0) is 21.5. The Kier molecular flexibility index (Phi) is 6.59. The first-order valence-corrected chi connectivity index (χ1v) is 10.9. The highest BCUT2D eigenvalue weighted by molar-refractivity contribution is 7.13. The molecule has 3 amide bonds. The monoisotopic (exact) mass is 433 g/mol. The molecular formula is C23H23N5O2S. The molecule has 0 saturated carbocycles. The highest BCUT2D eigenvalue weighted by Gasteiger charge is 2.09. The van der Waals surface area contributed by atoms with Gasteiger partial charge in [0.15, 0.2) is 5.13 Å². The third kappa shape index (κ3) is 5.70. The summed E-state index contributed by atoms with van der Waals surface area (Å²) in [4.78, 5) is 31.8. The van der Waals surface area contributed by atoms with Gasteiger partial charge in [0.2, 0.25) is 5.91 Å². The lowest BCUT2D eigenvalue weighted by atomic mass is 10.1. The summed E-state index contributed by atoms with van der Waals surface area (Å²) in [6.07, 6.45) is 3.65. The third-order valence-corrected chi connectivity index (χ3v) is 5.61. The largest absolute Gasteiger partial charge is 0.361 e. The Bertz CT molecular complexity index is 1170. The molecule has 0 aliphatic carbocycles. The number of amides is 3. The van der Waals surface area contributed by atoms with Crippen LogP contribution in [0.2, 0.25) is 0 Å². The van der Waals surface area contributed by atoms with Gasteiger partial charge in [-0.05, 0) is 36.6 Å². The number of urea groups is 1. The molecule has 4 N–H and O–H groups in total. The van der Waals surface area contributed by atoms with E-state index in [1.54, 1.807) is 0 Å². The minimum absolute atomic E-state index is 0.0100. The van der Waals surface area contributed by atoms with E-state index in [0.717, 1.165) is 17.6 Å². The molecule has 2 aromatic heterocycles. The number of nitrogens with zero attached hydrogens (tertiary/aromatic N) is 1. The van der Waals surface area contributed by atoms with Crippen molar-refractivity contribution in [2.24, 2.45) is 0 Å². The molecule has 158 valence electrons. The fourth-order valence-corrected chi connectivity index (χ4v) is 4.00. The molecule has 0 radical (unpaired) electrons. The van der Waals surface area contributed by atoms with E-state index in [1.165, 1.54) is 22.3 Å². The Balaban J connectivity index is 1.18. The second-order valence-corrected chi connectivity index (χ2v) is 7.91. The van der Waals surface area contributed by atoms with E-state index < -0.39 is 0 Å². The van der Waals surface area contributed by atoms with Crippen LogP contribution in [0.3, 0.4) is 0 Å². The van der Waals surface area contributed by atoms with E-state index in [1.807, 2.05) is 60.1 Å². The van der Waals surface area contributed by atoms with E-state index >= 15 is 0 Å². The quantitative estimate of drug-likeness (QED) is 0.328. The zero-order valence-corrected chi connectivity index (χ0v) is 17.7. The van der Waals surface area contributed by atoms with Crippen molar-refractivity contribution in [3.63, 3.8) is 0 Å². The van der Waals surface area contributed by atoms with Crippen molar-refractivity contribution in [3.8, 4) is 0 Å². The molecule has 0 bridgehead atoms. The molecule has 4 rings (SSSR count). The zero-order valence-electron chi connectivity index (χ0n) is 16.9. The maximum atomic E-state index is 12.2. The normalized spacial score (nSPS) is 10.7. The average Bonchev–Trinajstić information content (AvgIpc) is 3.40. The van der Waals surface area contributed by atoms with E-state index in [0.29, 0.717) is 30.2 Å². The van der Waals surface area contributed by atoms with Gasteiger partial charge in [-0.2, -0.15) is 0 Å². The number of benzene rings is 2. The first-order valence-electron chi connectivity index (χ1n) is 10.1. The lowest BCUT2D eigenvalue weighted by Gasteiger charge is -2.05. The number of aryl methyl sites for hydroxylation is 1. The summed E-state index contributed by atoms with van der Waals surface area (Å²) >= 11 is 1.34. The van der Waals surface area contributed by atoms with E-state index in [2.05, 4.69) is 32.0 Å². The lowest BCUT2D eigenvalue weighted by molar-refractivity contribution is -0.121. The summed E-state index contributed by atoms with van der Waals surface area (Å²) < 4.78 is 0. The van der Waals surface area contributed by atoms with Gasteiger partial charge in [0.05, 0.1) is 5.69 Å². The fraction of sp³-hybridized carbons (Fsp3) is 0.174. The van der Waals surface area contributed by atoms with Crippen LogP contribution in [0.5, 0.6) is 0 Å². The molecule has 0 atom stereocenters. The van der Waals surface area contributed by atoms with Crippen LogP contribution >= 0.6 is 11.3 Å². The van der Waals surface area contributed by atoms with Crippen LogP contribution in [-0.4, -0.2) is 28.5 Å². The first kappa shape index (κ1) is 20.6. The number of H-pyrrole nitrogens is 1. The Morgan fingerprint density at radius 2 is 1.77 bits per heavy atom. The summed E-state index contributed by atoms with van der Waals surface area (Å²) in [7, 11) is 0. The van der Waals surface area contributed by atoms with Gasteiger partial charge in [-0.25, -0.2) is 9.78 Å². The number of hydrogen-bond acceptors (Lipinski definition) is 4. The molecule has 0 aliphatic heterocycles.